The monoisotopic (exact) mass is 323 g/mol. The van der Waals surface area contributed by atoms with Crippen molar-refractivity contribution in [2.75, 3.05) is 19.0 Å². The van der Waals surface area contributed by atoms with Gasteiger partial charge in [0.15, 0.2) is 0 Å². The average Bonchev–Trinajstić information content (AvgIpc) is 2.89. The summed E-state index contributed by atoms with van der Waals surface area (Å²) in [5.41, 5.74) is 4.25. The van der Waals surface area contributed by atoms with E-state index >= 15 is 0 Å². The molecular weight excluding hydrogens is 302 g/mol. The molecule has 3 rings (SSSR count). The van der Waals surface area contributed by atoms with Crippen LogP contribution in [0.4, 0.5) is 10.7 Å². The number of fused-ring (bicyclic) bond motifs is 1. The first-order valence-electron chi connectivity index (χ1n) is 7.94. The summed E-state index contributed by atoms with van der Waals surface area (Å²) in [5, 5.41) is 10.4. The number of thiophene rings is 1. The van der Waals surface area contributed by atoms with Crippen LogP contribution in [0.3, 0.4) is 0 Å². The average molecular weight is 323 g/mol. The number of nitriles is 1. The molecule has 1 aromatic carbocycles. The third-order valence-electron chi connectivity index (χ3n) is 4.35. The van der Waals surface area contributed by atoms with Crippen LogP contribution in [0.5, 0.6) is 0 Å². The summed E-state index contributed by atoms with van der Waals surface area (Å²) in [6, 6.07) is 10.6. The zero-order valence-corrected chi connectivity index (χ0v) is 14.7. The Hall–Kier alpha value is -2.12. The SMILES string of the molecule is CC1CCc2c(sc(/N=C/c3ccc(N(C)C)cc3)c2C#N)C1. The molecule has 0 bridgehead atoms. The number of hydrogen-bond donors (Lipinski definition) is 0. The Kier molecular flexibility index (Phi) is 4.49. The molecule has 1 unspecified atom stereocenters. The van der Waals surface area contributed by atoms with Crippen molar-refractivity contribution in [2.45, 2.75) is 26.2 Å². The van der Waals surface area contributed by atoms with Crippen LogP contribution in [0, 0.1) is 17.2 Å². The fourth-order valence-corrected chi connectivity index (χ4v) is 4.24. The highest BCUT2D eigenvalue weighted by Crippen LogP contribution is 2.40. The normalized spacial score (nSPS) is 17.0. The first-order valence-corrected chi connectivity index (χ1v) is 8.76. The summed E-state index contributed by atoms with van der Waals surface area (Å²) in [7, 11) is 4.05. The summed E-state index contributed by atoms with van der Waals surface area (Å²) >= 11 is 1.69. The lowest BCUT2D eigenvalue weighted by molar-refractivity contribution is 0.507. The van der Waals surface area contributed by atoms with Crippen LogP contribution in [0.2, 0.25) is 0 Å². The van der Waals surface area contributed by atoms with Crippen LogP contribution in [-0.4, -0.2) is 20.3 Å². The lowest BCUT2D eigenvalue weighted by Crippen LogP contribution is -2.09. The van der Waals surface area contributed by atoms with E-state index in [1.807, 2.05) is 20.3 Å². The van der Waals surface area contributed by atoms with Crippen LogP contribution in [-0.2, 0) is 12.8 Å². The van der Waals surface area contributed by atoms with E-state index in [0.717, 1.165) is 29.0 Å². The van der Waals surface area contributed by atoms with Gasteiger partial charge in [0.05, 0.1) is 5.56 Å². The zero-order valence-electron chi connectivity index (χ0n) is 13.8. The standard InChI is InChI=1S/C19H21N3S/c1-13-4-9-16-17(11-20)19(23-18(16)10-13)21-12-14-5-7-15(8-6-14)22(2)3/h5-8,12-13H,4,9-10H2,1-3H3/b21-12+. The van der Waals surface area contributed by atoms with E-state index in [0.29, 0.717) is 5.92 Å². The summed E-state index contributed by atoms with van der Waals surface area (Å²) in [6.45, 7) is 2.28. The van der Waals surface area contributed by atoms with Gasteiger partial charge in [-0.05, 0) is 48.4 Å². The van der Waals surface area contributed by atoms with Gasteiger partial charge in [0.2, 0.25) is 0 Å². The summed E-state index contributed by atoms with van der Waals surface area (Å²) < 4.78 is 0. The van der Waals surface area contributed by atoms with E-state index < -0.39 is 0 Å². The largest absolute Gasteiger partial charge is 0.378 e. The molecule has 1 heterocycles. The Morgan fingerprint density at radius 3 is 2.70 bits per heavy atom. The van der Waals surface area contributed by atoms with E-state index in [9.17, 15) is 5.26 Å². The highest BCUT2D eigenvalue weighted by molar-refractivity contribution is 7.16. The lowest BCUT2D eigenvalue weighted by Gasteiger charge is -2.17. The Balaban J connectivity index is 1.86. The second-order valence-electron chi connectivity index (χ2n) is 6.39. The minimum absolute atomic E-state index is 0.711. The van der Waals surface area contributed by atoms with Gasteiger partial charge in [0.25, 0.3) is 0 Å². The maximum Gasteiger partial charge on any atom is 0.134 e. The Morgan fingerprint density at radius 2 is 2.04 bits per heavy atom. The molecule has 0 fully saturated rings. The zero-order chi connectivity index (χ0) is 16.4. The number of hydrogen-bond acceptors (Lipinski definition) is 4. The van der Waals surface area contributed by atoms with Crippen LogP contribution in [0.1, 0.15) is 34.9 Å². The van der Waals surface area contributed by atoms with Gasteiger partial charge in [-0.3, -0.25) is 0 Å². The maximum atomic E-state index is 9.50. The number of benzene rings is 1. The topological polar surface area (TPSA) is 39.4 Å². The summed E-state index contributed by atoms with van der Waals surface area (Å²) in [5.74, 6) is 0.711. The van der Waals surface area contributed by atoms with Gasteiger partial charge >= 0.3 is 0 Å². The van der Waals surface area contributed by atoms with Crippen molar-refractivity contribution in [3.05, 3.63) is 45.8 Å². The summed E-state index contributed by atoms with van der Waals surface area (Å²) in [4.78, 5) is 8.04. The van der Waals surface area contributed by atoms with Crippen molar-refractivity contribution in [1.29, 1.82) is 5.26 Å². The van der Waals surface area contributed by atoms with E-state index in [1.54, 1.807) is 11.3 Å². The predicted molar refractivity (Wildman–Crippen MR) is 98.2 cm³/mol. The molecule has 0 N–H and O–H groups in total. The second kappa shape index (κ2) is 6.55. The third kappa shape index (κ3) is 3.30. The molecule has 1 atom stereocenters. The fourth-order valence-electron chi connectivity index (χ4n) is 2.93. The molecule has 0 radical (unpaired) electrons. The van der Waals surface area contributed by atoms with Crippen LogP contribution in [0.25, 0.3) is 0 Å². The fraction of sp³-hybridized carbons (Fsp3) is 0.368. The molecular formula is C19H21N3S. The molecule has 118 valence electrons. The van der Waals surface area contributed by atoms with Crippen LogP contribution >= 0.6 is 11.3 Å². The molecule has 0 saturated heterocycles. The lowest BCUT2D eigenvalue weighted by atomic mass is 9.89. The van der Waals surface area contributed by atoms with Crippen molar-refractivity contribution >= 4 is 28.2 Å². The number of aliphatic imine (C=N–C) groups is 1. The molecule has 0 aliphatic heterocycles. The molecule has 4 heteroatoms. The summed E-state index contributed by atoms with van der Waals surface area (Å²) in [6.07, 6.45) is 5.14. The number of rotatable bonds is 3. The Morgan fingerprint density at radius 1 is 1.30 bits per heavy atom. The van der Waals surface area contributed by atoms with Gasteiger partial charge in [-0.15, -0.1) is 11.3 Å². The van der Waals surface area contributed by atoms with Crippen LogP contribution in [0.15, 0.2) is 29.3 Å². The molecule has 0 spiro atoms. The molecule has 1 aliphatic rings. The highest BCUT2D eigenvalue weighted by Gasteiger charge is 2.23. The van der Waals surface area contributed by atoms with Gasteiger partial charge in [0, 0.05) is 30.9 Å². The van der Waals surface area contributed by atoms with Crippen molar-refractivity contribution in [2.24, 2.45) is 10.9 Å². The van der Waals surface area contributed by atoms with Gasteiger partial charge in [0.1, 0.15) is 11.1 Å². The molecule has 3 nitrogen and oxygen atoms in total. The van der Waals surface area contributed by atoms with E-state index in [4.69, 9.17) is 0 Å². The van der Waals surface area contributed by atoms with E-state index in [-0.39, 0.29) is 0 Å². The molecule has 23 heavy (non-hydrogen) atoms. The van der Waals surface area contributed by atoms with Crippen molar-refractivity contribution in [3.8, 4) is 6.07 Å². The van der Waals surface area contributed by atoms with Gasteiger partial charge in [-0.2, -0.15) is 5.26 Å². The van der Waals surface area contributed by atoms with E-state index in [2.05, 4.69) is 47.2 Å². The number of anilines is 1. The smallest absolute Gasteiger partial charge is 0.134 e. The Bertz CT molecular complexity index is 763. The minimum atomic E-state index is 0.711. The first-order chi connectivity index (χ1) is 11.1. The maximum absolute atomic E-state index is 9.50. The minimum Gasteiger partial charge on any atom is -0.378 e. The molecule has 0 amide bonds. The molecule has 2 aromatic rings. The van der Waals surface area contributed by atoms with Crippen molar-refractivity contribution in [1.82, 2.24) is 0 Å². The van der Waals surface area contributed by atoms with Gasteiger partial charge in [-0.25, -0.2) is 4.99 Å². The Labute approximate surface area is 141 Å². The van der Waals surface area contributed by atoms with Gasteiger partial charge in [-0.1, -0.05) is 19.1 Å². The predicted octanol–water partition coefficient (Wildman–Crippen LogP) is 4.56. The third-order valence-corrected chi connectivity index (χ3v) is 5.51. The molecule has 0 saturated carbocycles. The van der Waals surface area contributed by atoms with E-state index in [1.165, 1.54) is 22.5 Å². The first kappa shape index (κ1) is 15.8. The van der Waals surface area contributed by atoms with Crippen molar-refractivity contribution < 1.29 is 0 Å². The highest BCUT2D eigenvalue weighted by atomic mass is 32.1. The van der Waals surface area contributed by atoms with Gasteiger partial charge < -0.3 is 4.90 Å². The quantitative estimate of drug-likeness (QED) is 0.777. The molecule has 1 aromatic heterocycles. The van der Waals surface area contributed by atoms with Crippen molar-refractivity contribution in [3.63, 3.8) is 0 Å². The molecule has 1 aliphatic carbocycles. The second-order valence-corrected chi connectivity index (χ2v) is 7.47. The number of nitrogens with zero attached hydrogens (tertiary/aromatic N) is 3. The van der Waals surface area contributed by atoms with Crippen LogP contribution < -0.4 is 4.90 Å².